The number of benzene rings is 1. The van der Waals surface area contributed by atoms with Crippen LogP contribution in [0.4, 0.5) is 5.69 Å². The molecule has 0 spiro atoms. The van der Waals surface area contributed by atoms with Gasteiger partial charge in [-0.15, -0.1) is 0 Å². The molecule has 0 amide bonds. The summed E-state index contributed by atoms with van der Waals surface area (Å²) in [6.45, 7) is 0.979. The molecule has 1 aromatic carbocycles. The molecule has 0 aliphatic rings. The largest absolute Gasteiger partial charge is 0.396 e. The van der Waals surface area contributed by atoms with Crippen LogP contribution in [0.5, 0.6) is 0 Å². The molecular formula is C13H17N3O3. The van der Waals surface area contributed by atoms with Gasteiger partial charge in [-0.3, -0.25) is 14.8 Å². The van der Waals surface area contributed by atoms with Crippen molar-refractivity contribution in [2.75, 3.05) is 6.61 Å². The number of aliphatic hydroxyl groups is 1. The Morgan fingerprint density at radius 3 is 2.79 bits per heavy atom. The fourth-order valence-electron chi connectivity index (χ4n) is 2.08. The van der Waals surface area contributed by atoms with Crippen LogP contribution >= 0.6 is 0 Å². The number of unbranched alkanes of at least 4 members (excludes halogenated alkanes) is 3. The molecule has 1 heterocycles. The Bertz CT molecular complexity index is 565. The van der Waals surface area contributed by atoms with Gasteiger partial charge in [-0.2, -0.15) is 5.10 Å². The number of nitro benzene ring substituents is 1. The van der Waals surface area contributed by atoms with Gasteiger partial charge in [-0.05, 0) is 18.9 Å². The fraction of sp³-hybridized carbons (Fsp3) is 0.462. The molecule has 6 nitrogen and oxygen atoms in total. The van der Waals surface area contributed by atoms with Crippen molar-refractivity contribution in [3.8, 4) is 0 Å². The number of aromatic nitrogens is 2. The van der Waals surface area contributed by atoms with E-state index < -0.39 is 4.92 Å². The van der Waals surface area contributed by atoms with E-state index in [0.29, 0.717) is 0 Å². The van der Waals surface area contributed by atoms with E-state index >= 15 is 0 Å². The third kappa shape index (κ3) is 3.29. The number of fused-ring (bicyclic) bond motifs is 1. The van der Waals surface area contributed by atoms with E-state index in [9.17, 15) is 10.1 Å². The van der Waals surface area contributed by atoms with E-state index in [1.165, 1.54) is 6.07 Å². The summed E-state index contributed by atoms with van der Waals surface area (Å²) in [7, 11) is 0. The highest BCUT2D eigenvalue weighted by Gasteiger charge is 2.09. The Morgan fingerprint density at radius 2 is 2.05 bits per heavy atom. The number of nitro groups is 1. The minimum Gasteiger partial charge on any atom is -0.396 e. The van der Waals surface area contributed by atoms with Crippen LogP contribution in [0.15, 0.2) is 24.4 Å². The summed E-state index contributed by atoms with van der Waals surface area (Å²) in [5.41, 5.74) is 0.894. The molecule has 0 fully saturated rings. The standard InChI is InChI=1S/C13H17N3O3/c17-8-4-2-1-3-7-15-13-9-12(16(18)19)6-5-11(13)10-14-15/h5-6,9-10,17H,1-4,7-8H2. The summed E-state index contributed by atoms with van der Waals surface area (Å²) in [5, 5.41) is 24.6. The van der Waals surface area contributed by atoms with Gasteiger partial charge in [0, 0.05) is 30.7 Å². The molecule has 0 aliphatic carbocycles. The maximum absolute atomic E-state index is 10.8. The van der Waals surface area contributed by atoms with Crippen molar-refractivity contribution in [2.45, 2.75) is 32.2 Å². The highest BCUT2D eigenvalue weighted by atomic mass is 16.6. The number of nitrogens with zero attached hydrogens (tertiary/aromatic N) is 3. The summed E-state index contributed by atoms with van der Waals surface area (Å²) >= 11 is 0. The Morgan fingerprint density at radius 1 is 1.26 bits per heavy atom. The van der Waals surface area contributed by atoms with Gasteiger partial charge in [-0.1, -0.05) is 12.8 Å². The first-order valence-corrected chi connectivity index (χ1v) is 6.43. The first-order chi connectivity index (χ1) is 9.22. The monoisotopic (exact) mass is 263 g/mol. The molecule has 0 saturated heterocycles. The van der Waals surface area contributed by atoms with Gasteiger partial charge < -0.3 is 5.11 Å². The van der Waals surface area contributed by atoms with Crippen LogP contribution < -0.4 is 0 Å². The topological polar surface area (TPSA) is 81.2 Å². The van der Waals surface area contributed by atoms with Crippen molar-refractivity contribution in [3.05, 3.63) is 34.5 Å². The van der Waals surface area contributed by atoms with E-state index in [-0.39, 0.29) is 12.3 Å². The SMILES string of the molecule is O=[N+]([O-])c1ccc2cnn(CCCCCCO)c2c1. The molecule has 19 heavy (non-hydrogen) atoms. The van der Waals surface area contributed by atoms with Gasteiger partial charge in [0.15, 0.2) is 0 Å². The smallest absolute Gasteiger partial charge is 0.271 e. The second-order valence-corrected chi connectivity index (χ2v) is 4.51. The molecule has 1 aromatic heterocycles. The lowest BCUT2D eigenvalue weighted by molar-refractivity contribution is -0.384. The third-order valence-corrected chi connectivity index (χ3v) is 3.12. The van der Waals surface area contributed by atoms with Crippen molar-refractivity contribution in [3.63, 3.8) is 0 Å². The van der Waals surface area contributed by atoms with Crippen molar-refractivity contribution in [2.24, 2.45) is 0 Å². The average molecular weight is 263 g/mol. The second-order valence-electron chi connectivity index (χ2n) is 4.51. The molecule has 0 aliphatic heterocycles. The Balaban J connectivity index is 2.06. The van der Waals surface area contributed by atoms with Gasteiger partial charge in [0.1, 0.15) is 0 Å². The maximum Gasteiger partial charge on any atom is 0.271 e. The Hall–Kier alpha value is -1.95. The van der Waals surface area contributed by atoms with Gasteiger partial charge in [0.05, 0.1) is 16.6 Å². The third-order valence-electron chi connectivity index (χ3n) is 3.12. The van der Waals surface area contributed by atoms with Crippen LogP contribution in [-0.4, -0.2) is 26.4 Å². The van der Waals surface area contributed by atoms with Crippen molar-refractivity contribution in [1.29, 1.82) is 0 Å². The summed E-state index contributed by atoms with van der Waals surface area (Å²) in [6, 6.07) is 4.79. The molecule has 0 bridgehead atoms. The lowest BCUT2D eigenvalue weighted by Gasteiger charge is -2.03. The second kappa shape index (κ2) is 6.29. The molecule has 6 heteroatoms. The molecule has 2 rings (SSSR count). The van der Waals surface area contributed by atoms with Crippen molar-refractivity contribution < 1.29 is 10.0 Å². The fourth-order valence-corrected chi connectivity index (χ4v) is 2.08. The molecule has 1 N–H and O–H groups in total. The van der Waals surface area contributed by atoms with Gasteiger partial charge >= 0.3 is 0 Å². The summed E-state index contributed by atoms with van der Waals surface area (Å²) in [6.07, 6.45) is 5.53. The zero-order chi connectivity index (χ0) is 13.7. The van der Waals surface area contributed by atoms with Crippen LogP contribution in [0.3, 0.4) is 0 Å². The number of aliphatic hydroxyl groups excluding tert-OH is 1. The first kappa shape index (κ1) is 13.5. The Labute approximate surface area is 110 Å². The quantitative estimate of drug-likeness (QED) is 0.472. The number of rotatable bonds is 7. The maximum atomic E-state index is 10.8. The summed E-state index contributed by atoms with van der Waals surface area (Å²) in [4.78, 5) is 10.4. The molecule has 0 atom stereocenters. The highest BCUT2D eigenvalue weighted by molar-refractivity contribution is 5.80. The molecule has 0 unspecified atom stereocenters. The van der Waals surface area contributed by atoms with Crippen LogP contribution in [0.25, 0.3) is 10.9 Å². The predicted molar refractivity (Wildman–Crippen MR) is 71.9 cm³/mol. The number of hydrogen-bond acceptors (Lipinski definition) is 4. The van der Waals surface area contributed by atoms with E-state index in [0.717, 1.165) is 43.1 Å². The molecular weight excluding hydrogens is 246 g/mol. The number of aryl methyl sites for hydroxylation is 1. The highest BCUT2D eigenvalue weighted by Crippen LogP contribution is 2.21. The number of hydrogen-bond donors (Lipinski definition) is 1. The van der Waals surface area contributed by atoms with E-state index in [2.05, 4.69) is 5.10 Å². The number of non-ortho nitro benzene ring substituents is 1. The Kier molecular flexibility index (Phi) is 4.46. The lowest BCUT2D eigenvalue weighted by Crippen LogP contribution is -2.00. The molecule has 0 radical (unpaired) electrons. The van der Waals surface area contributed by atoms with E-state index in [1.54, 1.807) is 23.0 Å². The zero-order valence-corrected chi connectivity index (χ0v) is 10.7. The van der Waals surface area contributed by atoms with Crippen LogP contribution in [0.2, 0.25) is 0 Å². The average Bonchev–Trinajstić information content (AvgIpc) is 2.81. The molecule has 0 saturated carbocycles. The molecule has 102 valence electrons. The summed E-state index contributed by atoms with van der Waals surface area (Å²) < 4.78 is 1.81. The van der Waals surface area contributed by atoms with Gasteiger partial charge in [0.2, 0.25) is 0 Å². The van der Waals surface area contributed by atoms with Crippen molar-refractivity contribution >= 4 is 16.6 Å². The zero-order valence-electron chi connectivity index (χ0n) is 10.7. The van der Waals surface area contributed by atoms with Crippen LogP contribution in [0, 0.1) is 10.1 Å². The van der Waals surface area contributed by atoms with Gasteiger partial charge in [-0.25, -0.2) is 0 Å². The predicted octanol–water partition coefficient (Wildman–Crippen LogP) is 2.50. The summed E-state index contributed by atoms with van der Waals surface area (Å²) in [5.74, 6) is 0. The van der Waals surface area contributed by atoms with Gasteiger partial charge in [0.25, 0.3) is 5.69 Å². The van der Waals surface area contributed by atoms with Crippen LogP contribution in [0.1, 0.15) is 25.7 Å². The lowest BCUT2D eigenvalue weighted by atomic mass is 10.2. The first-order valence-electron chi connectivity index (χ1n) is 6.43. The van der Waals surface area contributed by atoms with Crippen LogP contribution in [-0.2, 0) is 6.54 Å². The minimum atomic E-state index is -0.391. The molecule has 2 aromatic rings. The van der Waals surface area contributed by atoms with E-state index in [4.69, 9.17) is 5.11 Å². The van der Waals surface area contributed by atoms with Crippen molar-refractivity contribution in [1.82, 2.24) is 9.78 Å². The minimum absolute atomic E-state index is 0.0922. The normalized spacial score (nSPS) is 11.0. The van der Waals surface area contributed by atoms with E-state index in [1.807, 2.05) is 0 Å².